The van der Waals surface area contributed by atoms with Gasteiger partial charge in [-0.3, -0.25) is 24.5 Å². The van der Waals surface area contributed by atoms with Crippen molar-refractivity contribution < 1.29 is 27.6 Å². The Kier molecular flexibility index (Phi) is 10.3. The predicted molar refractivity (Wildman–Crippen MR) is 199 cm³/mol. The molecule has 1 aromatic heterocycles. The van der Waals surface area contributed by atoms with Crippen molar-refractivity contribution in [2.45, 2.75) is 75.9 Å². The van der Waals surface area contributed by atoms with Crippen LogP contribution in [0.1, 0.15) is 89.4 Å². The lowest BCUT2D eigenvalue weighted by molar-refractivity contribution is -0.138. The number of aryl methyl sites for hydroxylation is 1. The Bertz CT molecular complexity index is 1960. The lowest BCUT2D eigenvalue weighted by Gasteiger charge is -2.47. The molecule has 5 heterocycles. The van der Waals surface area contributed by atoms with Gasteiger partial charge in [0.25, 0.3) is 11.5 Å². The highest BCUT2D eigenvalue weighted by Gasteiger charge is 2.42. The molecule has 14 heteroatoms. The van der Waals surface area contributed by atoms with E-state index in [1.807, 2.05) is 36.1 Å². The molecule has 4 saturated heterocycles. The molecule has 4 aliphatic rings. The number of nitrogens with zero attached hydrogens (tertiary/aromatic N) is 5. The molecule has 2 N–H and O–H groups in total. The molecule has 7 rings (SSSR count). The van der Waals surface area contributed by atoms with Crippen LogP contribution in [0.4, 0.5) is 24.5 Å². The van der Waals surface area contributed by atoms with Gasteiger partial charge in [-0.25, -0.2) is 4.68 Å². The molecule has 0 aliphatic carbocycles. The number of amides is 3. The molecule has 0 radical (unpaired) electrons. The molecule has 0 saturated carbocycles. The first-order valence-corrected chi connectivity index (χ1v) is 18.9. The molecule has 11 nitrogen and oxygen atoms in total. The van der Waals surface area contributed by atoms with E-state index in [4.69, 9.17) is 0 Å². The fraction of sp³-hybridized carbons (Fsp3) is 0.525. The number of imide groups is 1. The van der Waals surface area contributed by atoms with E-state index in [1.165, 1.54) is 10.7 Å². The average molecular weight is 748 g/mol. The number of anilines is 2. The quantitative estimate of drug-likeness (QED) is 0.337. The third kappa shape index (κ3) is 7.75. The molecule has 3 amide bonds. The number of likely N-dealkylation sites (tertiary alicyclic amines) is 2. The number of halogens is 3. The van der Waals surface area contributed by atoms with Gasteiger partial charge in [-0.1, -0.05) is 18.2 Å². The van der Waals surface area contributed by atoms with E-state index in [0.29, 0.717) is 37.3 Å². The smallest absolute Gasteiger partial charge is 0.379 e. The Morgan fingerprint density at radius 2 is 1.59 bits per heavy atom. The molecule has 288 valence electrons. The summed E-state index contributed by atoms with van der Waals surface area (Å²) in [6, 6.07) is 12.2. The van der Waals surface area contributed by atoms with Crippen molar-refractivity contribution in [3.05, 3.63) is 86.8 Å². The van der Waals surface area contributed by atoms with Crippen LogP contribution < -0.4 is 21.1 Å². The highest BCUT2D eigenvalue weighted by Crippen LogP contribution is 2.45. The first-order valence-electron chi connectivity index (χ1n) is 18.9. The largest absolute Gasteiger partial charge is 0.418 e. The standard InChI is InChI=1S/C40H48F3N7O4/c1-25-33(22-44-48(3)37(25)53)45-30-20-29(23-47(2)24-30)26-4-6-27(7-5-26)38(54)50-18-14-39(15-19-50)12-16-49(17-13-39)34-10-8-28(21-32(34)40(41,42)43)31-9-11-35(51)46-36(31)52/h4-8,10,21-22,29-31,45H,9,11-20,23-24H2,1-3H3,(H,46,51,52). The molecule has 4 aliphatic heterocycles. The van der Waals surface area contributed by atoms with E-state index < -0.39 is 29.5 Å². The number of rotatable bonds is 6. The second kappa shape index (κ2) is 14.8. The maximum Gasteiger partial charge on any atom is 0.418 e. The second-order valence-corrected chi connectivity index (χ2v) is 15.8. The number of hydrogen-bond acceptors (Lipinski definition) is 8. The Morgan fingerprint density at radius 3 is 2.26 bits per heavy atom. The van der Waals surface area contributed by atoms with Crippen LogP contribution >= 0.6 is 0 Å². The molecule has 3 aromatic rings. The van der Waals surface area contributed by atoms with Gasteiger partial charge < -0.3 is 20.0 Å². The number of carbonyl (C=O) groups is 3. The van der Waals surface area contributed by atoms with Crippen LogP contribution in [-0.4, -0.2) is 89.7 Å². The summed E-state index contributed by atoms with van der Waals surface area (Å²) >= 11 is 0. The molecular weight excluding hydrogens is 699 g/mol. The summed E-state index contributed by atoms with van der Waals surface area (Å²) < 4.78 is 44.3. The zero-order chi connectivity index (χ0) is 38.4. The number of benzene rings is 2. The molecule has 2 aromatic carbocycles. The van der Waals surface area contributed by atoms with E-state index >= 15 is 0 Å². The molecular formula is C40H48F3N7O4. The molecule has 0 bridgehead atoms. The van der Waals surface area contributed by atoms with Gasteiger partial charge in [0.2, 0.25) is 11.8 Å². The van der Waals surface area contributed by atoms with E-state index in [-0.39, 0.29) is 52.9 Å². The number of likely N-dealkylation sites (N-methyl/N-ethyl adjacent to an activating group) is 1. The van der Waals surface area contributed by atoms with Crippen LogP contribution in [0, 0.1) is 12.3 Å². The minimum atomic E-state index is -4.60. The Balaban J connectivity index is 0.940. The van der Waals surface area contributed by atoms with E-state index in [2.05, 4.69) is 27.7 Å². The topological polar surface area (TPSA) is 120 Å². The van der Waals surface area contributed by atoms with Crippen LogP contribution in [0.3, 0.4) is 0 Å². The lowest BCUT2D eigenvalue weighted by atomic mass is 9.71. The van der Waals surface area contributed by atoms with Crippen molar-refractivity contribution in [2.75, 3.05) is 56.5 Å². The maximum atomic E-state index is 14.3. The summed E-state index contributed by atoms with van der Waals surface area (Å²) in [6.07, 6.45) is 1.34. The number of alkyl halides is 3. The Hall–Kier alpha value is -4.72. The highest BCUT2D eigenvalue weighted by atomic mass is 19.4. The normalized spacial score (nSPS) is 23.7. The van der Waals surface area contributed by atoms with Gasteiger partial charge in [0.05, 0.1) is 23.4 Å². The van der Waals surface area contributed by atoms with Crippen molar-refractivity contribution in [2.24, 2.45) is 12.5 Å². The van der Waals surface area contributed by atoms with Crippen LogP contribution in [0.25, 0.3) is 0 Å². The average Bonchev–Trinajstić information content (AvgIpc) is 3.15. The predicted octanol–water partition coefficient (Wildman–Crippen LogP) is 5.05. The first kappa shape index (κ1) is 37.6. The van der Waals surface area contributed by atoms with Gasteiger partial charge in [-0.2, -0.15) is 18.3 Å². The second-order valence-electron chi connectivity index (χ2n) is 15.8. The van der Waals surface area contributed by atoms with E-state index in [0.717, 1.165) is 62.5 Å². The minimum Gasteiger partial charge on any atom is -0.379 e. The van der Waals surface area contributed by atoms with Crippen LogP contribution in [0.15, 0.2) is 53.5 Å². The summed E-state index contributed by atoms with van der Waals surface area (Å²) in [7, 11) is 3.73. The molecule has 54 heavy (non-hydrogen) atoms. The maximum absolute atomic E-state index is 14.3. The van der Waals surface area contributed by atoms with Gasteiger partial charge in [-0.15, -0.1) is 0 Å². The number of nitrogens with one attached hydrogen (secondary N) is 2. The summed E-state index contributed by atoms with van der Waals surface area (Å²) in [5.74, 6) is -1.51. The van der Waals surface area contributed by atoms with Crippen molar-refractivity contribution >= 4 is 29.1 Å². The van der Waals surface area contributed by atoms with Crippen molar-refractivity contribution in [3.63, 3.8) is 0 Å². The number of carbonyl (C=O) groups excluding carboxylic acids is 3. The zero-order valence-electron chi connectivity index (χ0n) is 31.0. The van der Waals surface area contributed by atoms with Crippen LogP contribution in [0.5, 0.6) is 0 Å². The molecule has 3 unspecified atom stereocenters. The van der Waals surface area contributed by atoms with Gasteiger partial charge in [0.1, 0.15) is 0 Å². The van der Waals surface area contributed by atoms with Crippen molar-refractivity contribution in [1.82, 2.24) is 24.9 Å². The third-order valence-corrected chi connectivity index (χ3v) is 12.2. The van der Waals surface area contributed by atoms with Gasteiger partial charge >= 0.3 is 6.18 Å². The van der Waals surface area contributed by atoms with Crippen LogP contribution in [0.2, 0.25) is 0 Å². The van der Waals surface area contributed by atoms with Gasteiger partial charge in [-0.05, 0) is 99.2 Å². The van der Waals surface area contributed by atoms with E-state index in [1.54, 1.807) is 24.2 Å². The van der Waals surface area contributed by atoms with Crippen molar-refractivity contribution in [3.8, 4) is 0 Å². The SMILES string of the molecule is Cc1c(NC2CC(c3ccc(C(=O)N4CCC5(CC4)CCN(c4ccc(C6CCC(=O)NC6=O)cc4C(F)(F)F)CC5)cc3)CN(C)C2)cnn(C)c1=O. The first-order chi connectivity index (χ1) is 25.7. The Morgan fingerprint density at radius 1 is 0.926 bits per heavy atom. The van der Waals surface area contributed by atoms with Gasteiger partial charge in [0.15, 0.2) is 0 Å². The lowest BCUT2D eigenvalue weighted by Crippen LogP contribution is -2.48. The zero-order valence-corrected chi connectivity index (χ0v) is 31.0. The summed E-state index contributed by atoms with van der Waals surface area (Å²) in [5.41, 5.74) is 2.68. The molecule has 3 atom stereocenters. The monoisotopic (exact) mass is 747 g/mol. The number of aromatic nitrogens is 2. The van der Waals surface area contributed by atoms with E-state index in [9.17, 15) is 32.3 Å². The third-order valence-electron chi connectivity index (χ3n) is 12.2. The fourth-order valence-electron chi connectivity index (χ4n) is 8.95. The fourth-order valence-corrected chi connectivity index (χ4v) is 8.95. The van der Waals surface area contributed by atoms with Gasteiger partial charge in [0, 0.05) is 75.6 Å². The summed E-state index contributed by atoms with van der Waals surface area (Å²) in [5, 5.41) is 9.94. The Labute approximate surface area is 312 Å². The number of hydrogen-bond donors (Lipinski definition) is 2. The minimum absolute atomic E-state index is 0.00584. The number of piperidine rings is 4. The van der Waals surface area contributed by atoms with Crippen molar-refractivity contribution in [1.29, 1.82) is 0 Å². The summed E-state index contributed by atoms with van der Waals surface area (Å²) in [4.78, 5) is 55.9. The molecule has 4 fully saturated rings. The van der Waals surface area contributed by atoms with Crippen LogP contribution in [-0.2, 0) is 22.8 Å². The highest BCUT2D eigenvalue weighted by molar-refractivity contribution is 6.01. The molecule has 1 spiro atoms. The summed E-state index contributed by atoms with van der Waals surface area (Å²) in [6.45, 7) is 5.69.